The van der Waals surface area contributed by atoms with Gasteiger partial charge in [0.2, 0.25) is 0 Å². The Kier molecular flexibility index (Phi) is 8.56. The molecule has 7 nitrogen and oxygen atoms in total. The molecule has 3 N–H and O–H groups in total. The number of nitrogens with two attached hydrogens (primary N) is 1. The van der Waals surface area contributed by atoms with E-state index >= 15 is 0 Å². The number of nitrogen functional groups attached to an aromatic ring is 1. The first-order valence-corrected chi connectivity index (χ1v) is 13.0. The summed E-state index contributed by atoms with van der Waals surface area (Å²) in [4.78, 5) is 21.0. The number of unbranched alkanes of at least 4 members (excludes halogenated alkanes) is 1. The summed E-state index contributed by atoms with van der Waals surface area (Å²) < 4.78 is 8.02. The number of pyridine rings is 1. The number of aromatic hydroxyl groups is 1. The van der Waals surface area contributed by atoms with Gasteiger partial charge < -0.3 is 20.1 Å². The van der Waals surface area contributed by atoms with E-state index < -0.39 is 0 Å². The fraction of sp³-hybridized carbons (Fsp3) is 0.367. The molecule has 2 aromatic heterocycles. The molecule has 0 atom stereocenters. The van der Waals surface area contributed by atoms with Crippen molar-refractivity contribution in [2.75, 3.05) is 18.9 Å². The van der Waals surface area contributed by atoms with E-state index in [0.717, 1.165) is 70.1 Å². The molecule has 2 aromatic carbocycles. The van der Waals surface area contributed by atoms with Crippen molar-refractivity contribution in [3.05, 3.63) is 71.6 Å². The molecule has 0 spiro atoms. The van der Waals surface area contributed by atoms with E-state index in [1.54, 1.807) is 6.07 Å². The largest absolute Gasteiger partial charge is 0.508 e. The van der Waals surface area contributed by atoms with Gasteiger partial charge in [0.1, 0.15) is 17.1 Å². The monoisotopic (exact) mass is 500 g/mol. The van der Waals surface area contributed by atoms with Crippen LogP contribution in [0.2, 0.25) is 0 Å². The number of aryl methyl sites for hydroxylation is 2. The Morgan fingerprint density at radius 1 is 1.11 bits per heavy atom. The summed E-state index contributed by atoms with van der Waals surface area (Å²) in [6.45, 7) is 9.34. The van der Waals surface area contributed by atoms with Gasteiger partial charge in [-0.2, -0.15) is 0 Å². The zero-order valence-corrected chi connectivity index (χ0v) is 21.8. The molecule has 7 heteroatoms. The number of hydrogen-bond acceptors (Lipinski definition) is 6. The number of allylic oxidation sites excluding steroid dienone is 1. The number of fused-ring (bicyclic) bond motifs is 3. The van der Waals surface area contributed by atoms with Gasteiger partial charge in [0.15, 0.2) is 11.6 Å². The Labute approximate surface area is 218 Å². The zero-order chi connectivity index (χ0) is 26.4. The Hall–Kier alpha value is -3.71. The number of carbonyl (C=O) groups excluding carboxylic acids is 1. The number of hydrogen-bond donors (Lipinski definition) is 2. The molecule has 194 valence electrons. The maximum atomic E-state index is 11.3. The van der Waals surface area contributed by atoms with E-state index in [-0.39, 0.29) is 5.78 Å². The first kappa shape index (κ1) is 26.4. The van der Waals surface area contributed by atoms with Crippen molar-refractivity contribution < 1.29 is 14.6 Å². The second-order valence-electron chi connectivity index (χ2n) is 9.52. The summed E-state index contributed by atoms with van der Waals surface area (Å²) in [6, 6.07) is 12.0. The minimum atomic E-state index is 0.0475. The van der Waals surface area contributed by atoms with Crippen molar-refractivity contribution >= 4 is 33.5 Å². The van der Waals surface area contributed by atoms with Crippen LogP contribution in [0.25, 0.3) is 21.9 Å². The lowest BCUT2D eigenvalue weighted by Crippen LogP contribution is -2.06. The lowest BCUT2D eigenvalue weighted by atomic mass is 10.1. The number of benzene rings is 2. The zero-order valence-electron chi connectivity index (χ0n) is 21.8. The van der Waals surface area contributed by atoms with Gasteiger partial charge in [0.05, 0.1) is 17.6 Å². The predicted octanol–water partition coefficient (Wildman–Crippen LogP) is 5.67. The molecule has 0 amide bonds. The van der Waals surface area contributed by atoms with E-state index in [1.165, 1.54) is 6.08 Å². The van der Waals surface area contributed by atoms with E-state index in [1.807, 2.05) is 25.1 Å². The van der Waals surface area contributed by atoms with Crippen molar-refractivity contribution in [3.8, 4) is 5.75 Å². The minimum absolute atomic E-state index is 0.0475. The molecule has 37 heavy (non-hydrogen) atoms. The van der Waals surface area contributed by atoms with Gasteiger partial charge in [-0.05, 0) is 67.2 Å². The molecule has 0 fully saturated rings. The summed E-state index contributed by atoms with van der Waals surface area (Å²) >= 11 is 0. The summed E-state index contributed by atoms with van der Waals surface area (Å²) in [5, 5.41) is 11.0. The third-order valence-corrected chi connectivity index (χ3v) is 6.68. The molecule has 0 saturated heterocycles. The van der Waals surface area contributed by atoms with Gasteiger partial charge in [-0.15, -0.1) is 0 Å². The number of imidazole rings is 1. The number of phenols is 1. The van der Waals surface area contributed by atoms with Gasteiger partial charge in [0.25, 0.3) is 0 Å². The fourth-order valence-corrected chi connectivity index (χ4v) is 4.60. The molecule has 0 unspecified atom stereocenters. The number of ether oxygens (including phenoxy) is 1. The van der Waals surface area contributed by atoms with Gasteiger partial charge in [-0.1, -0.05) is 38.1 Å². The number of ketones is 1. The number of anilines is 1. The van der Waals surface area contributed by atoms with Crippen LogP contribution in [0, 0.1) is 6.92 Å². The molecule has 0 saturated carbocycles. The third kappa shape index (κ3) is 6.17. The number of phenolic OH excluding ortho intramolecular Hbond substituents is 1. The van der Waals surface area contributed by atoms with Crippen LogP contribution in [0.4, 0.5) is 5.82 Å². The molecular formula is C30H36N4O3. The number of rotatable bonds is 13. The molecule has 2 heterocycles. The number of nitrogens with zero attached hydrogens (tertiary/aromatic N) is 3. The van der Waals surface area contributed by atoms with Gasteiger partial charge in [0, 0.05) is 31.4 Å². The van der Waals surface area contributed by atoms with Crippen molar-refractivity contribution in [3.63, 3.8) is 0 Å². The first-order chi connectivity index (χ1) is 17.9. The standard InChI is InChI=1S/C30H36N4O3/c1-4-6-9-27-33-28-29(34(27)19-22-11-13-26(36)20(3)17-22)24-18-21(10-12-25(24)32-30(28)31)14-16-37-15-7-8-23(35)5-2/h5,10-13,17-18,36H,2,4,6-9,14-16,19H2,1,3H3,(H2,31,32). The molecule has 0 bridgehead atoms. The van der Waals surface area contributed by atoms with E-state index in [2.05, 4.69) is 35.2 Å². The van der Waals surface area contributed by atoms with Crippen LogP contribution in [-0.4, -0.2) is 38.6 Å². The van der Waals surface area contributed by atoms with Crippen LogP contribution < -0.4 is 5.73 Å². The maximum absolute atomic E-state index is 11.3. The maximum Gasteiger partial charge on any atom is 0.155 e. The normalized spacial score (nSPS) is 11.4. The summed E-state index contributed by atoms with van der Waals surface area (Å²) in [6.07, 6.45) is 6.23. The second kappa shape index (κ2) is 12.0. The lowest BCUT2D eigenvalue weighted by Gasteiger charge is -2.13. The van der Waals surface area contributed by atoms with E-state index in [0.29, 0.717) is 44.2 Å². The molecule has 0 aliphatic heterocycles. The van der Waals surface area contributed by atoms with Crippen LogP contribution in [0.1, 0.15) is 55.1 Å². The highest BCUT2D eigenvalue weighted by atomic mass is 16.5. The van der Waals surface area contributed by atoms with Gasteiger partial charge in [-0.25, -0.2) is 9.97 Å². The summed E-state index contributed by atoms with van der Waals surface area (Å²) in [5.41, 5.74) is 12.0. The molecule has 0 aliphatic carbocycles. The van der Waals surface area contributed by atoms with Crippen molar-refractivity contribution in [2.24, 2.45) is 0 Å². The molecule has 4 rings (SSSR count). The van der Waals surface area contributed by atoms with Crippen LogP contribution in [0.5, 0.6) is 5.75 Å². The second-order valence-corrected chi connectivity index (χ2v) is 9.52. The Bertz CT molecular complexity index is 1420. The Morgan fingerprint density at radius 3 is 2.68 bits per heavy atom. The summed E-state index contributed by atoms with van der Waals surface area (Å²) in [7, 11) is 0. The SMILES string of the molecule is C=CC(=O)CCCOCCc1ccc2nc(N)c3nc(CCCC)n(Cc4ccc(O)c(C)c4)c3c2c1. The van der Waals surface area contributed by atoms with Crippen molar-refractivity contribution in [1.82, 2.24) is 14.5 Å². The first-order valence-electron chi connectivity index (χ1n) is 13.0. The average molecular weight is 501 g/mol. The van der Waals surface area contributed by atoms with Crippen LogP contribution in [-0.2, 0) is 28.9 Å². The third-order valence-electron chi connectivity index (χ3n) is 6.68. The van der Waals surface area contributed by atoms with E-state index in [4.69, 9.17) is 15.5 Å². The van der Waals surface area contributed by atoms with Crippen molar-refractivity contribution in [1.29, 1.82) is 0 Å². The average Bonchev–Trinajstić information content (AvgIpc) is 3.26. The highest BCUT2D eigenvalue weighted by molar-refractivity contribution is 6.06. The van der Waals surface area contributed by atoms with Crippen molar-refractivity contribution in [2.45, 2.75) is 58.9 Å². The topological polar surface area (TPSA) is 103 Å². The lowest BCUT2D eigenvalue weighted by molar-refractivity contribution is -0.114. The highest BCUT2D eigenvalue weighted by Crippen LogP contribution is 2.31. The van der Waals surface area contributed by atoms with Crippen LogP contribution >= 0.6 is 0 Å². The summed E-state index contributed by atoms with van der Waals surface area (Å²) in [5.74, 6) is 1.77. The van der Waals surface area contributed by atoms with E-state index in [9.17, 15) is 9.90 Å². The molecule has 0 aliphatic rings. The predicted molar refractivity (Wildman–Crippen MR) is 149 cm³/mol. The van der Waals surface area contributed by atoms with Gasteiger partial charge >= 0.3 is 0 Å². The molecule has 4 aromatic rings. The Morgan fingerprint density at radius 2 is 1.92 bits per heavy atom. The van der Waals surface area contributed by atoms with Crippen LogP contribution in [0.15, 0.2) is 49.1 Å². The molecule has 0 radical (unpaired) electrons. The van der Waals surface area contributed by atoms with Crippen LogP contribution in [0.3, 0.4) is 0 Å². The molecular weight excluding hydrogens is 464 g/mol. The quantitative estimate of drug-likeness (QED) is 0.181. The number of aromatic nitrogens is 3. The minimum Gasteiger partial charge on any atom is -0.508 e. The van der Waals surface area contributed by atoms with Gasteiger partial charge in [-0.3, -0.25) is 4.79 Å². The smallest absolute Gasteiger partial charge is 0.155 e. The number of carbonyl (C=O) groups is 1. The highest BCUT2D eigenvalue weighted by Gasteiger charge is 2.18. The Balaban J connectivity index is 1.67. The fourth-order valence-electron chi connectivity index (χ4n) is 4.60.